The van der Waals surface area contributed by atoms with Crippen LogP contribution in [0.4, 0.5) is 5.69 Å². The first-order valence-electron chi connectivity index (χ1n) is 14.9. The number of aryl methyl sites for hydroxylation is 1. The van der Waals surface area contributed by atoms with Gasteiger partial charge in [0, 0.05) is 32.0 Å². The Hall–Kier alpha value is -3.65. The molecule has 1 saturated carbocycles. The predicted molar refractivity (Wildman–Crippen MR) is 169 cm³/mol. The lowest BCUT2D eigenvalue weighted by Crippen LogP contribution is -2.53. The number of sulfonamides is 1. The Morgan fingerprint density at radius 3 is 2.17 bits per heavy atom. The van der Waals surface area contributed by atoms with E-state index in [9.17, 15) is 18.0 Å². The van der Waals surface area contributed by atoms with Crippen molar-refractivity contribution in [1.82, 2.24) is 10.2 Å². The standard InChI is InChI=1S/C34H43N3O4S/c1-27-14-12-17-29(24-27)26-36(33(38)22-13-23-37(42(2,40)41)31-20-10-5-11-21-31)32(25-28-15-6-3-7-16-28)34(39)35-30-18-8-4-9-19-30/h3,5-7,10-12,14-17,20-21,24,30,32H,4,8-9,13,18-19,22-23,25-26H2,1-2H3,(H,35,39)/t32-/m0/s1. The van der Waals surface area contributed by atoms with E-state index in [4.69, 9.17) is 0 Å². The number of rotatable bonds is 13. The second-order valence-corrected chi connectivity index (χ2v) is 13.2. The van der Waals surface area contributed by atoms with Gasteiger partial charge in [0.1, 0.15) is 6.04 Å². The van der Waals surface area contributed by atoms with Crippen molar-refractivity contribution in [3.05, 3.63) is 102 Å². The van der Waals surface area contributed by atoms with E-state index in [1.165, 1.54) is 17.0 Å². The Morgan fingerprint density at radius 2 is 1.52 bits per heavy atom. The maximum absolute atomic E-state index is 14.0. The third-order valence-corrected chi connectivity index (χ3v) is 9.05. The number of hydrogen-bond donors (Lipinski definition) is 1. The van der Waals surface area contributed by atoms with Gasteiger partial charge in [-0.3, -0.25) is 13.9 Å². The number of para-hydroxylation sites is 1. The van der Waals surface area contributed by atoms with Crippen LogP contribution in [-0.4, -0.2) is 50.0 Å². The molecule has 7 nitrogen and oxygen atoms in total. The van der Waals surface area contributed by atoms with Gasteiger partial charge in [-0.05, 0) is 49.4 Å². The molecule has 0 spiro atoms. The van der Waals surface area contributed by atoms with Gasteiger partial charge in [0.25, 0.3) is 0 Å². The molecule has 224 valence electrons. The van der Waals surface area contributed by atoms with E-state index in [0.717, 1.165) is 42.4 Å². The summed E-state index contributed by atoms with van der Waals surface area (Å²) in [5.74, 6) is -0.299. The van der Waals surface area contributed by atoms with Gasteiger partial charge in [-0.15, -0.1) is 0 Å². The Balaban J connectivity index is 1.58. The summed E-state index contributed by atoms with van der Waals surface area (Å²) in [6, 6.07) is 26.1. The Bertz CT molecular complexity index is 1410. The molecule has 3 aromatic rings. The second kappa shape index (κ2) is 15.0. The van der Waals surface area contributed by atoms with E-state index in [0.29, 0.717) is 25.1 Å². The normalized spacial score (nSPS) is 14.6. The summed E-state index contributed by atoms with van der Waals surface area (Å²) in [4.78, 5) is 29.6. The smallest absolute Gasteiger partial charge is 0.243 e. The summed E-state index contributed by atoms with van der Waals surface area (Å²) >= 11 is 0. The molecule has 0 saturated heterocycles. The summed E-state index contributed by atoms with van der Waals surface area (Å²) in [6.45, 7) is 2.48. The highest BCUT2D eigenvalue weighted by molar-refractivity contribution is 7.92. The molecule has 42 heavy (non-hydrogen) atoms. The minimum absolute atomic E-state index is 0.118. The monoisotopic (exact) mass is 589 g/mol. The van der Waals surface area contributed by atoms with E-state index in [2.05, 4.69) is 5.32 Å². The highest BCUT2D eigenvalue weighted by Crippen LogP contribution is 2.22. The van der Waals surface area contributed by atoms with Crippen molar-refractivity contribution in [3.8, 4) is 0 Å². The van der Waals surface area contributed by atoms with Gasteiger partial charge in [-0.25, -0.2) is 8.42 Å². The van der Waals surface area contributed by atoms with Gasteiger partial charge in [-0.2, -0.15) is 0 Å². The first-order chi connectivity index (χ1) is 20.2. The molecule has 3 aromatic carbocycles. The number of carbonyl (C=O) groups excluding carboxylic acids is 2. The number of carbonyl (C=O) groups is 2. The van der Waals surface area contributed by atoms with Crippen LogP contribution in [0.5, 0.6) is 0 Å². The zero-order valence-corrected chi connectivity index (χ0v) is 25.6. The van der Waals surface area contributed by atoms with E-state index >= 15 is 0 Å². The molecule has 0 aliphatic heterocycles. The summed E-state index contributed by atoms with van der Waals surface area (Å²) in [6.07, 6.45) is 7.31. The summed E-state index contributed by atoms with van der Waals surface area (Å²) in [7, 11) is -3.53. The minimum Gasteiger partial charge on any atom is -0.352 e. The summed E-state index contributed by atoms with van der Waals surface area (Å²) < 4.78 is 26.5. The molecule has 1 aliphatic rings. The van der Waals surface area contributed by atoms with E-state index in [1.807, 2.05) is 67.6 Å². The molecular weight excluding hydrogens is 546 g/mol. The van der Waals surface area contributed by atoms with Gasteiger partial charge in [-0.1, -0.05) is 97.6 Å². The average Bonchev–Trinajstić information content (AvgIpc) is 2.98. The fraction of sp³-hybridized carbons (Fsp3) is 0.412. The van der Waals surface area contributed by atoms with Gasteiger partial charge in [0.15, 0.2) is 0 Å². The summed E-state index contributed by atoms with van der Waals surface area (Å²) in [5, 5.41) is 3.27. The lowest BCUT2D eigenvalue weighted by molar-refractivity contribution is -0.141. The largest absolute Gasteiger partial charge is 0.352 e. The second-order valence-electron chi connectivity index (χ2n) is 11.3. The minimum atomic E-state index is -3.53. The molecule has 2 amide bonds. The first-order valence-corrected chi connectivity index (χ1v) is 16.8. The van der Waals surface area contributed by atoms with Crippen LogP contribution in [0.1, 0.15) is 61.6 Å². The third-order valence-electron chi connectivity index (χ3n) is 7.85. The Kier molecular flexibility index (Phi) is 11.2. The molecule has 1 N–H and O–H groups in total. The number of amides is 2. The van der Waals surface area contributed by atoms with Crippen LogP contribution in [0.3, 0.4) is 0 Å². The van der Waals surface area contributed by atoms with Gasteiger partial charge >= 0.3 is 0 Å². The van der Waals surface area contributed by atoms with Crippen molar-refractivity contribution in [2.24, 2.45) is 0 Å². The molecule has 0 bridgehead atoms. The maximum Gasteiger partial charge on any atom is 0.243 e. The Labute approximate surface area is 251 Å². The fourth-order valence-corrected chi connectivity index (χ4v) is 6.67. The van der Waals surface area contributed by atoms with E-state index in [1.54, 1.807) is 29.2 Å². The van der Waals surface area contributed by atoms with Gasteiger partial charge in [0.2, 0.25) is 21.8 Å². The van der Waals surface area contributed by atoms with Crippen LogP contribution in [-0.2, 0) is 32.6 Å². The van der Waals surface area contributed by atoms with E-state index < -0.39 is 16.1 Å². The zero-order valence-electron chi connectivity index (χ0n) is 24.7. The lowest BCUT2D eigenvalue weighted by Gasteiger charge is -2.34. The van der Waals surface area contributed by atoms with Gasteiger partial charge < -0.3 is 10.2 Å². The fourth-order valence-electron chi connectivity index (χ4n) is 5.70. The molecule has 0 aromatic heterocycles. The van der Waals surface area contributed by atoms with Gasteiger partial charge in [0.05, 0.1) is 11.9 Å². The van der Waals surface area contributed by atoms with Crippen molar-refractivity contribution >= 4 is 27.5 Å². The SMILES string of the molecule is Cc1cccc(CN(C(=O)CCCN(c2ccccc2)S(C)(=O)=O)[C@@H](Cc2ccccc2)C(=O)NC2CCCCC2)c1. The lowest BCUT2D eigenvalue weighted by atomic mass is 9.94. The quantitative estimate of drug-likeness (QED) is 0.280. The molecule has 1 atom stereocenters. The molecule has 1 fully saturated rings. The van der Waals surface area contributed by atoms with Crippen molar-refractivity contribution < 1.29 is 18.0 Å². The van der Waals surface area contributed by atoms with Crippen LogP contribution >= 0.6 is 0 Å². The number of nitrogens with one attached hydrogen (secondary N) is 1. The van der Waals surface area contributed by atoms with Crippen LogP contribution in [0.2, 0.25) is 0 Å². The van der Waals surface area contributed by atoms with Crippen LogP contribution in [0.15, 0.2) is 84.9 Å². The van der Waals surface area contributed by atoms with Crippen LogP contribution in [0.25, 0.3) is 0 Å². The molecule has 0 unspecified atom stereocenters. The highest BCUT2D eigenvalue weighted by Gasteiger charge is 2.32. The zero-order chi connectivity index (χ0) is 30.0. The molecular formula is C34H43N3O4S. The molecule has 8 heteroatoms. The number of anilines is 1. The van der Waals surface area contributed by atoms with E-state index in [-0.39, 0.29) is 30.8 Å². The van der Waals surface area contributed by atoms with Crippen LogP contribution < -0.4 is 9.62 Å². The maximum atomic E-state index is 14.0. The average molecular weight is 590 g/mol. The molecule has 0 radical (unpaired) electrons. The molecule has 4 rings (SSSR count). The van der Waals surface area contributed by atoms with Crippen LogP contribution in [0, 0.1) is 6.92 Å². The topological polar surface area (TPSA) is 86.8 Å². The van der Waals surface area contributed by atoms with Crippen molar-refractivity contribution in [3.63, 3.8) is 0 Å². The Morgan fingerprint density at radius 1 is 0.881 bits per heavy atom. The third kappa shape index (κ3) is 9.18. The van der Waals surface area contributed by atoms with Crippen molar-refractivity contribution in [2.75, 3.05) is 17.1 Å². The summed E-state index contributed by atoms with van der Waals surface area (Å²) in [5.41, 5.74) is 3.58. The highest BCUT2D eigenvalue weighted by atomic mass is 32.2. The first kappa shape index (κ1) is 31.3. The molecule has 1 aliphatic carbocycles. The molecule has 0 heterocycles. The number of nitrogens with zero attached hydrogens (tertiary/aromatic N) is 2. The van der Waals surface area contributed by atoms with Crippen molar-refractivity contribution in [1.29, 1.82) is 0 Å². The van der Waals surface area contributed by atoms with Crippen molar-refractivity contribution in [2.45, 2.75) is 76.9 Å². The number of hydrogen-bond acceptors (Lipinski definition) is 4. The number of benzene rings is 3. The predicted octanol–water partition coefficient (Wildman–Crippen LogP) is 5.63.